The van der Waals surface area contributed by atoms with Crippen LogP contribution < -0.4 is 15.7 Å². The van der Waals surface area contributed by atoms with Gasteiger partial charge in [-0.1, -0.05) is 6.42 Å². The first-order valence-electron chi connectivity index (χ1n) is 11.6. The highest BCUT2D eigenvalue weighted by atomic mass is 16.5. The minimum atomic E-state index is -0.362. The van der Waals surface area contributed by atoms with E-state index in [1.807, 2.05) is 26.0 Å². The van der Waals surface area contributed by atoms with E-state index >= 15 is 0 Å². The fraction of sp³-hybridized carbons (Fsp3) is 0.600. The molecule has 0 radical (unpaired) electrons. The van der Waals surface area contributed by atoms with Crippen molar-refractivity contribution < 1.29 is 13.9 Å². The lowest BCUT2D eigenvalue weighted by Crippen LogP contribution is -2.51. The number of hydrogen-bond acceptors (Lipinski definition) is 5. The highest BCUT2D eigenvalue weighted by Gasteiger charge is 2.32. The molecular weight excluding hydrogens is 392 g/mol. The van der Waals surface area contributed by atoms with E-state index in [2.05, 4.69) is 10.2 Å². The van der Waals surface area contributed by atoms with Gasteiger partial charge in [-0.15, -0.1) is 0 Å². The molecule has 0 spiro atoms. The molecule has 3 heterocycles. The standard InChI is InChI=1S/C25H34N2O4/c1-16-19-9-11-22(30-3)17(2)24(19)31-25(29)20(16)10-12-23(28)26-15-18-7-6-14-27-13-5-4-8-21(18)27/h9,11,18,21H,4-8,10,12-15H2,1-3H3,(H,26,28)/t18-,21+/m1/s1. The number of hydrogen-bond donors (Lipinski definition) is 1. The fourth-order valence-corrected chi connectivity index (χ4v) is 5.47. The van der Waals surface area contributed by atoms with E-state index in [1.165, 1.54) is 45.2 Å². The van der Waals surface area contributed by atoms with Gasteiger partial charge in [0, 0.05) is 35.5 Å². The molecule has 0 aliphatic carbocycles. The van der Waals surface area contributed by atoms with E-state index in [4.69, 9.17) is 9.15 Å². The van der Waals surface area contributed by atoms with Crippen molar-refractivity contribution >= 4 is 16.9 Å². The lowest BCUT2D eigenvalue weighted by molar-refractivity contribution is -0.121. The average molecular weight is 427 g/mol. The van der Waals surface area contributed by atoms with Crippen LogP contribution in [0.2, 0.25) is 0 Å². The number of carbonyl (C=O) groups excluding carboxylic acids is 1. The van der Waals surface area contributed by atoms with E-state index in [-0.39, 0.29) is 11.5 Å². The van der Waals surface area contributed by atoms with Gasteiger partial charge in [-0.3, -0.25) is 4.79 Å². The highest BCUT2D eigenvalue weighted by Crippen LogP contribution is 2.31. The fourth-order valence-electron chi connectivity index (χ4n) is 5.47. The third kappa shape index (κ3) is 4.49. The zero-order chi connectivity index (χ0) is 22.0. The summed E-state index contributed by atoms with van der Waals surface area (Å²) in [5.74, 6) is 1.25. The van der Waals surface area contributed by atoms with E-state index in [0.717, 1.165) is 23.1 Å². The van der Waals surface area contributed by atoms with Crippen molar-refractivity contribution in [3.05, 3.63) is 39.2 Å². The smallest absolute Gasteiger partial charge is 0.339 e. The Morgan fingerprint density at radius 3 is 2.77 bits per heavy atom. The molecule has 2 aromatic rings. The van der Waals surface area contributed by atoms with Gasteiger partial charge >= 0.3 is 5.63 Å². The summed E-state index contributed by atoms with van der Waals surface area (Å²) in [6, 6.07) is 4.43. The maximum Gasteiger partial charge on any atom is 0.339 e. The second kappa shape index (κ2) is 9.43. The van der Waals surface area contributed by atoms with Crippen LogP contribution in [0.1, 0.15) is 55.2 Å². The van der Waals surface area contributed by atoms with Gasteiger partial charge in [0.1, 0.15) is 11.3 Å². The highest BCUT2D eigenvalue weighted by molar-refractivity contribution is 5.85. The minimum Gasteiger partial charge on any atom is -0.496 e. The first kappa shape index (κ1) is 21.9. The summed E-state index contributed by atoms with van der Waals surface area (Å²) in [7, 11) is 1.60. The molecule has 0 saturated carbocycles. The van der Waals surface area contributed by atoms with Crippen molar-refractivity contribution in [1.82, 2.24) is 10.2 Å². The molecule has 4 rings (SSSR count). The molecule has 1 amide bonds. The Morgan fingerprint density at radius 2 is 1.97 bits per heavy atom. The maximum absolute atomic E-state index is 12.6. The molecule has 0 bridgehead atoms. The van der Waals surface area contributed by atoms with Crippen LogP contribution in [0.4, 0.5) is 0 Å². The Bertz CT molecular complexity index is 1010. The molecule has 0 unspecified atom stereocenters. The number of ether oxygens (including phenoxy) is 1. The summed E-state index contributed by atoms with van der Waals surface area (Å²) in [5.41, 5.74) is 2.48. The van der Waals surface area contributed by atoms with Crippen molar-refractivity contribution in [3.63, 3.8) is 0 Å². The summed E-state index contributed by atoms with van der Waals surface area (Å²) in [4.78, 5) is 27.8. The molecule has 168 valence electrons. The number of nitrogens with one attached hydrogen (secondary N) is 1. The lowest BCUT2D eigenvalue weighted by atomic mass is 9.83. The summed E-state index contributed by atoms with van der Waals surface area (Å²) in [6.45, 7) is 6.97. The van der Waals surface area contributed by atoms with Crippen LogP contribution >= 0.6 is 0 Å². The van der Waals surface area contributed by atoms with E-state index in [1.54, 1.807) is 7.11 Å². The summed E-state index contributed by atoms with van der Waals surface area (Å²) in [5, 5.41) is 4.04. The maximum atomic E-state index is 12.6. The molecule has 6 nitrogen and oxygen atoms in total. The predicted octanol–water partition coefficient (Wildman–Crippen LogP) is 3.73. The molecule has 2 atom stereocenters. The number of aryl methyl sites for hydroxylation is 2. The second-order valence-corrected chi connectivity index (χ2v) is 9.07. The summed E-state index contributed by atoms with van der Waals surface area (Å²) < 4.78 is 11.0. The molecule has 1 aromatic carbocycles. The van der Waals surface area contributed by atoms with Crippen molar-refractivity contribution in [2.45, 2.75) is 64.8 Å². The zero-order valence-electron chi connectivity index (χ0n) is 19.0. The van der Waals surface area contributed by atoms with Crippen LogP contribution in [-0.4, -0.2) is 43.6 Å². The molecule has 2 fully saturated rings. The minimum absolute atomic E-state index is 0.0118. The van der Waals surface area contributed by atoms with Crippen LogP contribution in [0.25, 0.3) is 11.0 Å². The number of piperidine rings is 2. The Morgan fingerprint density at radius 1 is 1.16 bits per heavy atom. The van der Waals surface area contributed by atoms with Crippen molar-refractivity contribution in [2.24, 2.45) is 5.92 Å². The lowest BCUT2D eigenvalue weighted by Gasteiger charge is -2.44. The average Bonchev–Trinajstić information content (AvgIpc) is 2.78. The second-order valence-electron chi connectivity index (χ2n) is 9.07. The normalized spacial score (nSPS) is 21.6. The van der Waals surface area contributed by atoms with E-state index < -0.39 is 0 Å². The predicted molar refractivity (Wildman–Crippen MR) is 122 cm³/mol. The zero-order valence-corrected chi connectivity index (χ0v) is 19.0. The number of rotatable bonds is 6. The molecule has 6 heteroatoms. The third-order valence-electron chi connectivity index (χ3n) is 7.27. The van der Waals surface area contributed by atoms with Crippen LogP contribution in [-0.2, 0) is 11.2 Å². The summed E-state index contributed by atoms with van der Waals surface area (Å²) >= 11 is 0. The number of nitrogens with zero attached hydrogens (tertiary/aromatic N) is 1. The topological polar surface area (TPSA) is 71.8 Å². The van der Waals surface area contributed by atoms with Gasteiger partial charge in [0.15, 0.2) is 0 Å². The van der Waals surface area contributed by atoms with Gasteiger partial charge in [0.2, 0.25) is 5.91 Å². The number of fused-ring (bicyclic) bond motifs is 2. The number of benzene rings is 1. The third-order valence-corrected chi connectivity index (χ3v) is 7.27. The number of methoxy groups -OCH3 is 1. The molecule has 1 N–H and O–H groups in total. The SMILES string of the molecule is COc1ccc2c(C)c(CCC(=O)NC[C@H]3CCCN4CCCC[C@@H]34)c(=O)oc2c1C. The van der Waals surface area contributed by atoms with Gasteiger partial charge in [0.25, 0.3) is 0 Å². The largest absolute Gasteiger partial charge is 0.496 e. The molecule has 1 aromatic heterocycles. The summed E-state index contributed by atoms with van der Waals surface area (Å²) in [6.07, 6.45) is 6.95. The quantitative estimate of drug-likeness (QED) is 0.713. The molecule has 31 heavy (non-hydrogen) atoms. The van der Waals surface area contributed by atoms with Gasteiger partial charge < -0.3 is 19.4 Å². The number of amides is 1. The Hall–Kier alpha value is -2.34. The van der Waals surface area contributed by atoms with Gasteiger partial charge in [0.05, 0.1) is 7.11 Å². The van der Waals surface area contributed by atoms with Crippen LogP contribution in [0, 0.1) is 19.8 Å². The van der Waals surface area contributed by atoms with Crippen molar-refractivity contribution in [1.29, 1.82) is 0 Å². The van der Waals surface area contributed by atoms with Gasteiger partial charge in [-0.05, 0) is 82.7 Å². The Labute approximate surface area is 183 Å². The molecule has 2 aliphatic heterocycles. The number of carbonyl (C=O) groups is 1. The monoisotopic (exact) mass is 426 g/mol. The van der Waals surface area contributed by atoms with Gasteiger partial charge in [-0.25, -0.2) is 4.79 Å². The van der Waals surface area contributed by atoms with Crippen LogP contribution in [0.5, 0.6) is 5.75 Å². The molecule has 2 saturated heterocycles. The van der Waals surface area contributed by atoms with E-state index in [0.29, 0.717) is 41.7 Å². The first-order chi connectivity index (χ1) is 15.0. The van der Waals surface area contributed by atoms with Gasteiger partial charge in [-0.2, -0.15) is 0 Å². The molecule has 2 aliphatic rings. The van der Waals surface area contributed by atoms with Crippen molar-refractivity contribution in [2.75, 3.05) is 26.7 Å². The van der Waals surface area contributed by atoms with Crippen LogP contribution in [0.15, 0.2) is 21.3 Å². The van der Waals surface area contributed by atoms with Crippen molar-refractivity contribution in [3.8, 4) is 5.75 Å². The van der Waals surface area contributed by atoms with Crippen LogP contribution in [0.3, 0.4) is 0 Å². The molecular formula is C25H34N2O4. The first-order valence-corrected chi connectivity index (χ1v) is 11.6. The Kier molecular flexibility index (Phi) is 6.65. The van der Waals surface area contributed by atoms with E-state index in [9.17, 15) is 9.59 Å². The Balaban J connectivity index is 1.39.